The number of hydrogen-bond acceptors (Lipinski definition) is 7. The van der Waals surface area contributed by atoms with E-state index in [2.05, 4.69) is 10.5 Å². The maximum atomic E-state index is 12.7. The van der Waals surface area contributed by atoms with Gasteiger partial charge in [0, 0.05) is 40.2 Å². The third-order valence-electron chi connectivity index (χ3n) is 4.90. The topological polar surface area (TPSA) is 73.6 Å². The van der Waals surface area contributed by atoms with Crippen LogP contribution in [0.4, 0.5) is 5.82 Å². The average Bonchev–Trinajstić information content (AvgIpc) is 3.55. The summed E-state index contributed by atoms with van der Waals surface area (Å²) in [5, 5.41) is 8.98. The molecule has 0 spiro atoms. The van der Waals surface area contributed by atoms with Gasteiger partial charge in [0.05, 0.1) is 14.2 Å². The van der Waals surface area contributed by atoms with Crippen LogP contribution < -0.4 is 14.8 Å². The van der Waals surface area contributed by atoms with E-state index >= 15 is 0 Å². The Hall–Kier alpha value is -3.84. The van der Waals surface area contributed by atoms with Crippen molar-refractivity contribution >= 4 is 29.0 Å². The first-order valence-electron chi connectivity index (χ1n) is 9.93. The van der Waals surface area contributed by atoms with Gasteiger partial charge >= 0.3 is 0 Å². The number of allylic oxidation sites excluding steroid dienone is 1. The molecule has 0 aliphatic heterocycles. The number of aromatic nitrogens is 1. The summed E-state index contributed by atoms with van der Waals surface area (Å²) in [6.45, 7) is 0.589. The zero-order valence-corrected chi connectivity index (χ0v) is 18.5. The van der Waals surface area contributed by atoms with Crippen molar-refractivity contribution in [2.45, 2.75) is 6.54 Å². The lowest BCUT2D eigenvalue weighted by Crippen LogP contribution is -2.00. The summed E-state index contributed by atoms with van der Waals surface area (Å²) in [7, 11) is 3.24. The minimum Gasteiger partial charge on any atom is -0.496 e. The first-order valence-corrected chi connectivity index (χ1v) is 10.8. The first-order chi connectivity index (χ1) is 15.7. The molecule has 0 aliphatic rings. The number of methoxy groups -OCH3 is 2. The number of benzene rings is 2. The number of nitrogens with one attached hydrogen (secondary N) is 1. The number of nitrogens with zero attached hydrogens (tertiary/aromatic N) is 1. The standard InChI is InChI=1S/C25H22N2O4S/c1-29-22-15-23(30-2)20(24-4-3-13-32-24)14-19(22)9-10-21(28)18-7-5-17(6-8-18)16-26-25-11-12-31-27-25/h3-15H,16H2,1-2H3,(H,26,27)/b10-9+. The fourth-order valence-corrected chi connectivity index (χ4v) is 3.97. The molecule has 0 fully saturated rings. The predicted octanol–water partition coefficient (Wildman–Crippen LogP) is 5.93. The van der Waals surface area contributed by atoms with E-state index in [4.69, 9.17) is 14.0 Å². The van der Waals surface area contributed by atoms with Crippen molar-refractivity contribution in [2.75, 3.05) is 19.5 Å². The summed E-state index contributed by atoms with van der Waals surface area (Å²) in [6.07, 6.45) is 4.85. The van der Waals surface area contributed by atoms with Crippen molar-refractivity contribution in [2.24, 2.45) is 0 Å². The molecule has 1 N–H and O–H groups in total. The number of ketones is 1. The van der Waals surface area contributed by atoms with Crippen LogP contribution >= 0.6 is 11.3 Å². The van der Waals surface area contributed by atoms with E-state index in [1.54, 1.807) is 43.8 Å². The summed E-state index contributed by atoms with van der Waals surface area (Å²) < 4.78 is 15.8. The van der Waals surface area contributed by atoms with Gasteiger partial charge < -0.3 is 19.3 Å². The highest BCUT2D eigenvalue weighted by Gasteiger charge is 2.13. The van der Waals surface area contributed by atoms with Crippen LogP contribution in [0.3, 0.4) is 0 Å². The Morgan fingerprint density at radius 2 is 1.91 bits per heavy atom. The van der Waals surface area contributed by atoms with Crippen molar-refractivity contribution in [1.82, 2.24) is 5.16 Å². The summed E-state index contributed by atoms with van der Waals surface area (Å²) >= 11 is 1.63. The van der Waals surface area contributed by atoms with E-state index in [-0.39, 0.29) is 5.78 Å². The number of hydrogen-bond donors (Lipinski definition) is 1. The predicted molar refractivity (Wildman–Crippen MR) is 126 cm³/mol. The number of thiophene rings is 1. The van der Waals surface area contributed by atoms with Crippen LogP contribution in [0.25, 0.3) is 16.5 Å². The van der Waals surface area contributed by atoms with Crippen LogP contribution in [0.15, 0.2) is 76.8 Å². The second kappa shape index (κ2) is 9.98. The van der Waals surface area contributed by atoms with Gasteiger partial charge in [-0.1, -0.05) is 35.5 Å². The lowest BCUT2D eigenvalue weighted by molar-refractivity contribution is 0.104. The summed E-state index contributed by atoms with van der Waals surface area (Å²) in [4.78, 5) is 13.8. The molecule has 6 nitrogen and oxygen atoms in total. The monoisotopic (exact) mass is 446 g/mol. The minimum absolute atomic E-state index is 0.0865. The fraction of sp³-hybridized carbons (Fsp3) is 0.120. The van der Waals surface area contributed by atoms with Crippen LogP contribution in [0.1, 0.15) is 21.5 Å². The third-order valence-corrected chi connectivity index (χ3v) is 5.81. The van der Waals surface area contributed by atoms with Crippen LogP contribution in [0.2, 0.25) is 0 Å². The Morgan fingerprint density at radius 3 is 2.56 bits per heavy atom. The number of rotatable bonds is 9. The number of ether oxygens (including phenoxy) is 2. The third kappa shape index (κ3) is 4.90. The Labute approximate surface area is 190 Å². The average molecular weight is 447 g/mol. The molecule has 4 rings (SSSR count). The molecule has 0 amide bonds. The fourth-order valence-electron chi connectivity index (χ4n) is 3.22. The van der Waals surface area contributed by atoms with Crippen LogP contribution in [0, 0.1) is 0 Å². The second-order valence-electron chi connectivity index (χ2n) is 6.90. The smallest absolute Gasteiger partial charge is 0.185 e. The second-order valence-corrected chi connectivity index (χ2v) is 7.85. The van der Waals surface area contributed by atoms with Crippen molar-refractivity contribution in [3.05, 3.63) is 89.0 Å². The van der Waals surface area contributed by atoms with Crippen molar-refractivity contribution in [1.29, 1.82) is 0 Å². The molecule has 0 saturated heterocycles. The van der Waals surface area contributed by atoms with Gasteiger partial charge in [-0.2, -0.15) is 0 Å². The van der Waals surface area contributed by atoms with E-state index in [0.717, 1.165) is 27.3 Å². The molecule has 0 aliphatic carbocycles. The summed E-state index contributed by atoms with van der Waals surface area (Å²) in [5.41, 5.74) is 3.40. The molecule has 0 unspecified atom stereocenters. The van der Waals surface area contributed by atoms with Crippen LogP contribution in [-0.2, 0) is 6.54 Å². The summed E-state index contributed by atoms with van der Waals surface area (Å²) in [5.74, 6) is 1.95. The lowest BCUT2D eigenvalue weighted by Gasteiger charge is -2.12. The Bertz CT molecular complexity index is 1200. The molecule has 162 valence electrons. The minimum atomic E-state index is -0.0865. The normalized spacial score (nSPS) is 10.9. The van der Waals surface area contributed by atoms with E-state index in [0.29, 0.717) is 23.7 Å². The molecule has 32 heavy (non-hydrogen) atoms. The van der Waals surface area contributed by atoms with Gasteiger partial charge in [0.15, 0.2) is 11.6 Å². The summed E-state index contributed by atoms with van der Waals surface area (Å²) in [6, 6.07) is 17.1. The molecule has 2 heterocycles. The van der Waals surface area contributed by atoms with E-state index in [1.807, 2.05) is 53.9 Å². The maximum absolute atomic E-state index is 12.7. The van der Waals surface area contributed by atoms with Gasteiger partial charge in [0.2, 0.25) is 0 Å². The van der Waals surface area contributed by atoms with Gasteiger partial charge in [0.1, 0.15) is 17.8 Å². The maximum Gasteiger partial charge on any atom is 0.185 e. The van der Waals surface area contributed by atoms with Gasteiger partial charge in [0.25, 0.3) is 0 Å². The molecular weight excluding hydrogens is 424 g/mol. The van der Waals surface area contributed by atoms with Gasteiger partial charge in [-0.3, -0.25) is 4.79 Å². The van der Waals surface area contributed by atoms with E-state index in [1.165, 1.54) is 6.26 Å². The molecule has 0 bridgehead atoms. The van der Waals surface area contributed by atoms with Crippen LogP contribution in [0.5, 0.6) is 11.5 Å². The van der Waals surface area contributed by atoms with E-state index < -0.39 is 0 Å². The first kappa shape index (κ1) is 21.4. The molecule has 4 aromatic rings. The Balaban J connectivity index is 1.50. The van der Waals surface area contributed by atoms with Crippen molar-refractivity contribution < 1.29 is 18.8 Å². The van der Waals surface area contributed by atoms with Crippen LogP contribution in [-0.4, -0.2) is 25.2 Å². The van der Waals surface area contributed by atoms with Crippen molar-refractivity contribution in [3.8, 4) is 21.9 Å². The molecular formula is C25H22N2O4S. The van der Waals surface area contributed by atoms with Gasteiger partial charge in [-0.05, 0) is 35.2 Å². The Morgan fingerprint density at radius 1 is 1.09 bits per heavy atom. The van der Waals surface area contributed by atoms with Gasteiger partial charge in [-0.15, -0.1) is 11.3 Å². The number of carbonyl (C=O) groups excluding carboxylic acids is 1. The zero-order chi connectivity index (χ0) is 22.3. The molecule has 0 atom stereocenters. The highest BCUT2D eigenvalue weighted by atomic mass is 32.1. The molecule has 2 aromatic heterocycles. The Kier molecular flexibility index (Phi) is 6.67. The van der Waals surface area contributed by atoms with Gasteiger partial charge in [-0.25, -0.2) is 0 Å². The largest absolute Gasteiger partial charge is 0.496 e. The molecule has 2 aromatic carbocycles. The number of carbonyl (C=O) groups is 1. The highest BCUT2D eigenvalue weighted by Crippen LogP contribution is 2.38. The SMILES string of the molecule is COc1cc(OC)c(-c2cccs2)cc1/C=C/C(=O)c1ccc(CNc2ccon2)cc1. The molecule has 0 radical (unpaired) electrons. The van der Waals surface area contributed by atoms with E-state index in [9.17, 15) is 4.79 Å². The van der Waals surface area contributed by atoms with Crippen molar-refractivity contribution in [3.63, 3.8) is 0 Å². The highest BCUT2D eigenvalue weighted by molar-refractivity contribution is 7.13. The lowest BCUT2D eigenvalue weighted by atomic mass is 10.0. The zero-order valence-electron chi connectivity index (χ0n) is 17.7. The molecule has 7 heteroatoms. The quantitative estimate of drug-likeness (QED) is 0.254. The molecule has 0 saturated carbocycles. The number of anilines is 1.